The van der Waals surface area contributed by atoms with Gasteiger partial charge in [-0.15, -0.1) is 0 Å². The van der Waals surface area contributed by atoms with Crippen molar-refractivity contribution in [3.05, 3.63) is 62.6 Å². The van der Waals surface area contributed by atoms with Crippen molar-refractivity contribution in [1.29, 1.82) is 0 Å². The number of hydrogen-bond donors (Lipinski definition) is 1. The van der Waals surface area contributed by atoms with Crippen molar-refractivity contribution in [2.24, 2.45) is 0 Å². The van der Waals surface area contributed by atoms with Crippen LogP contribution < -0.4 is 4.74 Å². The number of nitro benzene ring substituents is 1. The quantitative estimate of drug-likeness (QED) is 0.631. The van der Waals surface area contributed by atoms with Gasteiger partial charge in [0, 0.05) is 11.6 Å². The molecule has 0 aliphatic carbocycles. The number of aliphatic hydroxyl groups excluding tert-OH is 1. The lowest BCUT2D eigenvalue weighted by Crippen LogP contribution is -1.99. The minimum Gasteiger partial charge on any atom is -0.456 e. The van der Waals surface area contributed by atoms with Gasteiger partial charge in [-0.1, -0.05) is 31.2 Å². The van der Waals surface area contributed by atoms with Crippen LogP contribution >= 0.6 is 15.9 Å². The fourth-order valence-electron chi connectivity index (χ4n) is 1.91. The Balaban J connectivity index is 2.40. The summed E-state index contributed by atoms with van der Waals surface area (Å²) in [5.74, 6) is 0.813. The standard InChI is InChI=1S/C15H14BrNO4/c1-2-12(18)10-6-3-4-8-13(10)21-14-9-5-7-11(15(14)16)17(19)20/h3-9,12,18H,2H2,1H3. The van der Waals surface area contributed by atoms with Crippen LogP contribution in [0.25, 0.3) is 0 Å². The number of para-hydroxylation sites is 1. The molecule has 0 amide bonds. The Bertz CT molecular complexity index is 660. The summed E-state index contributed by atoms with van der Waals surface area (Å²) in [6.07, 6.45) is -0.0881. The molecule has 0 heterocycles. The minimum absolute atomic E-state index is 0.0685. The maximum Gasteiger partial charge on any atom is 0.287 e. The molecule has 0 aromatic heterocycles. The van der Waals surface area contributed by atoms with E-state index in [4.69, 9.17) is 4.74 Å². The predicted octanol–water partition coefficient (Wildman–Crippen LogP) is 4.59. The summed E-state index contributed by atoms with van der Waals surface area (Å²) in [7, 11) is 0. The Morgan fingerprint density at radius 1 is 1.24 bits per heavy atom. The normalized spacial score (nSPS) is 12.0. The molecular weight excluding hydrogens is 338 g/mol. The highest BCUT2D eigenvalue weighted by molar-refractivity contribution is 9.10. The summed E-state index contributed by atoms with van der Waals surface area (Å²) < 4.78 is 6.02. The predicted molar refractivity (Wildman–Crippen MR) is 82.6 cm³/mol. The van der Waals surface area contributed by atoms with Crippen LogP contribution in [-0.2, 0) is 0 Å². The van der Waals surface area contributed by atoms with Crippen molar-refractivity contribution >= 4 is 21.6 Å². The van der Waals surface area contributed by atoms with Crippen LogP contribution in [0.3, 0.4) is 0 Å². The van der Waals surface area contributed by atoms with Crippen LogP contribution in [0.2, 0.25) is 0 Å². The summed E-state index contributed by atoms with van der Waals surface area (Å²) in [5, 5.41) is 20.9. The zero-order valence-corrected chi connectivity index (χ0v) is 12.9. The number of aliphatic hydroxyl groups is 1. The molecule has 0 saturated heterocycles. The van der Waals surface area contributed by atoms with E-state index in [0.717, 1.165) is 0 Å². The molecule has 0 saturated carbocycles. The number of rotatable bonds is 5. The van der Waals surface area contributed by atoms with E-state index in [9.17, 15) is 15.2 Å². The van der Waals surface area contributed by atoms with Crippen LogP contribution in [0, 0.1) is 10.1 Å². The highest BCUT2D eigenvalue weighted by Crippen LogP contribution is 2.38. The Morgan fingerprint density at radius 3 is 2.57 bits per heavy atom. The van der Waals surface area contributed by atoms with Gasteiger partial charge >= 0.3 is 0 Å². The zero-order valence-electron chi connectivity index (χ0n) is 11.3. The van der Waals surface area contributed by atoms with Crippen molar-refractivity contribution in [3.8, 4) is 11.5 Å². The first-order valence-corrected chi connectivity index (χ1v) is 7.21. The number of ether oxygens (including phenoxy) is 1. The van der Waals surface area contributed by atoms with E-state index in [1.54, 1.807) is 30.3 Å². The highest BCUT2D eigenvalue weighted by atomic mass is 79.9. The Labute approximate surface area is 130 Å². The average Bonchev–Trinajstić information content (AvgIpc) is 2.49. The maximum atomic E-state index is 10.9. The molecule has 1 N–H and O–H groups in total. The first-order chi connectivity index (χ1) is 10.0. The first kappa shape index (κ1) is 15.5. The second-order valence-corrected chi connectivity index (χ2v) is 5.20. The molecular formula is C15H14BrNO4. The van der Waals surface area contributed by atoms with Gasteiger partial charge in [0.25, 0.3) is 5.69 Å². The third-order valence-electron chi connectivity index (χ3n) is 3.02. The van der Waals surface area contributed by atoms with Crippen LogP contribution in [0.4, 0.5) is 5.69 Å². The molecule has 5 nitrogen and oxygen atoms in total. The SMILES string of the molecule is CCC(O)c1ccccc1Oc1cccc([N+](=O)[O-])c1Br. The lowest BCUT2D eigenvalue weighted by molar-refractivity contribution is -0.385. The van der Waals surface area contributed by atoms with Crippen molar-refractivity contribution in [2.45, 2.75) is 19.4 Å². The lowest BCUT2D eigenvalue weighted by atomic mass is 10.1. The minimum atomic E-state index is -0.640. The van der Waals surface area contributed by atoms with Gasteiger partial charge in [0.05, 0.1) is 11.0 Å². The van der Waals surface area contributed by atoms with E-state index in [0.29, 0.717) is 23.5 Å². The van der Waals surface area contributed by atoms with Gasteiger partial charge in [-0.3, -0.25) is 10.1 Å². The van der Waals surface area contributed by atoms with Gasteiger partial charge in [0.1, 0.15) is 16.0 Å². The molecule has 2 aromatic rings. The maximum absolute atomic E-state index is 10.9. The molecule has 1 unspecified atom stereocenters. The summed E-state index contributed by atoms with van der Waals surface area (Å²) in [6.45, 7) is 1.87. The first-order valence-electron chi connectivity index (χ1n) is 6.42. The van der Waals surface area contributed by atoms with E-state index < -0.39 is 11.0 Å². The number of halogens is 1. The zero-order chi connectivity index (χ0) is 15.4. The van der Waals surface area contributed by atoms with Gasteiger partial charge < -0.3 is 9.84 Å². The van der Waals surface area contributed by atoms with Crippen molar-refractivity contribution in [2.75, 3.05) is 0 Å². The molecule has 21 heavy (non-hydrogen) atoms. The molecule has 0 spiro atoms. The molecule has 1 atom stereocenters. The molecule has 0 aliphatic heterocycles. The van der Waals surface area contributed by atoms with Crippen LogP contribution in [0.1, 0.15) is 25.0 Å². The van der Waals surface area contributed by atoms with E-state index in [-0.39, 0.29) is 10.2 Å². The van der Waals surface area contributed by atoms with Crippen molar-refractivity contribution in [1.82, 2.24) is 0 Å². The Hall–Kier alpha value is -1.92. The fourth-order valence-corrected chi connectivity index (χ4v) is 2.40. The van der Waals surface area contributed by atoms with Gasteiger partial charge in [-0.05, 0) is 34.5 Å². The Kier molecular flexibility index (Phi) is 4.93. The van der Waals surface area contributed by atoms with Gasteiger partial charge in [-0.2, -0.15) is 0 Å². The molecule has 0 bridgehead atoms. The molecule has 0 aliphatic rings. The molecule has 0 radical (unpaired) electrons. The number of nitro groups is 1. The summed E-state index contributed by atoms with van der Waals surface area (Å²) in [4.78, 5) is 10.4. The van der Waals surface area contributed by atoms with Crippen LogP contribution in [-0.4, -0.2) is 10.0 Å². The van der Waals surface area contributed by atoms with Crippen LogP contribution in [0.15, 0.2) is 46.9 Å². The fraction of sp³-hybridized carbons (Fsp3) is 0.200. The summed E-state index contributed by atoms with van der Waals surface area (Å²) in [6, 6.07) is 11.7. The third kappa shape index (κ3) is 3.40. The smallest absolute Gasteiger partial charge is 0.287 e. The van der Waals surface area contributed by atoms with E-state index in [1.807, 2.05) is 13.0 Å². The summed E-state index contributed by atoms with van der Waals surface area (Å²) in [5.41, 5.74) is 0.583. The third-order valence-corrected chi connectivity index (χ3v) is 3.82. The molecule has 2 rings (SSSR count). The number of hydrogen-bond acceptors (Lipinski definition) is 4. The number of nitrogens with zero attached hydrogens (tertiary/aromatic N) is 1. The van der Waals surface area contributed by atoms with Crippen molar-refractivity contribution in [3.63, 3.8) is 0 Å². The monoisotopic (exact) mass is 351 g/mol. The van der Waals surface area contributed by atoms with E-state index in [2.05, 4.69) is 15.9 Å². The van der Waals surface area contributed by atoms with Gasteiger partial charge in [0.2, 0.25) is 0 Å². The number of benzene rings is 2. The van der Waals surface area contributed by atoms with E-state index >= 15 is 0 Å². The highest BCUT2D eigenvalue weighted by Gasteiger charge is 2.18. The second-order valence-electron chi connectivity index (χ2n) is 4.41. The molecule has 0 fully saturated rings. The molecule has 110 valence electrons. The largest absolute Gasteiger partial charge is 0.456 e. The van der Waals surface area contributed by atoms with Gasteiger partial charge in [0.15, 0.2) is 0 Å². The van der Waals surface area contributed by atoms with Crippen molar-refractivity contribution < 1.29 is 14.8 Å². The Morgan fingerprint density at radius 2 is 1.90 bits per heavy atom. The molecule has 6 heteroatoms. The van der Waals surface area contributed by atoms with Crippen LogP contribution in [0.5, 0.6) is 11.5 Å². The molecule has 2 aromatic carbocycles. The topological polar surface area (TPSA) is 72.6 Å². The van der Waals surface area contributed by atoms with Gasteiger partial charge in [-0.25, -0.2) is 0 Å². The van der Waals surface area contributed by atoms with E-state index in [1.165, 1.54) is 6.07 Å². The average molecular weight is 352 g/mol. The summed E-state index contributed by atoms with van der Waals surface area (Å²) >= 11 is 3.19. The lowest BCUT2D eigenvalue weighted by Gasteiger charge is -2.15. The second kappa shape index (κ2) is 6.69.